The number of nitrogens with zero attached hydrogens (tertiary/aromatic N) is 1. The Morgan fingerprint density at radius 2 is 2.44 bits per heavy atom. The van der Waals surface area contributed by atoms with Crippen LogP contribution in [0.1, 0.15) is 24.8 Å². The van der Waals surface area contributed by atoms with Crippen LogP contribution in [0.25, 0.3) is 0 Å². The highest BCUT2D eigenvalue weighted by molar-refractivity contribution is 5.60. The van der Waals surface area contributed by atoms with Gasteiger partial charge in [0.15, 0.2) is 0 Å². The maximum absolute atomic E-state index is 9.05. The smallest absolute Gasteiger partial charge is 0.121 e. The molecule has 0 saturated carbocycles. The molecule has 1 aliphatic rings. The first-order valence-electron chi connectivity index (χ1n) is 6.39. The fraction of sp³-hybridized carbons (Fsp3) is 0.500. The number of hydrogen-bond donors (Lipinski definition) is 2. The van der Waals surface area contributed by atoms with Gasteiger partial charge >= 0.3 is 0 Å². The largest absolute Gasteiger partial charge is 0.497 e. The molecule has 1 aromatic rings. The molecule has 0 amide bonds. The van der Waals surface area contributed by atoms with Gasteiger partial charge < -0.3 is 15.4 Å². The lowest BCUT2D eigenvalue weighted by atomic mass is 10.1. The molecule has 4 heteroatoms. The van der Waals surface area contributed by atoms with Crippen molar-refractivity contribution in [1.29, 1.82) is 5.26 Å². The molecule has 1 atom stereocenters. The van der Waals surface area contributed by atoms with E-state index < -0.39 is 0 Å². The van der Waals surface area contributed by atoms with Crippen molar-refractivity contribution in [2.45, 2.75) is 25.3 Å². The van der Waals surface area contributed by atoms with Gasteiger partial charge in [-0.05, 0) is 37.9 Å². The average molecular weight is 245 g/mol. The van der Waals surface area contributed by atoms with E-state index in [2.05, 4.69) is 16.7 Å². The zero-order valence-corrected chi connectivity index (χ0v) is 10.7. The molecule has 0 aliphatic carbocycles. The van der Waals surface area contributed by atoms with E-state index in [1.807, 2.05) is 12.1 Å². The Balaban J connectivity index is 1.92. The SMILES string of the molecule is COc1ccc(C#N)c(NCC[C@@H]2CCCN2)c1. The predicted molar refractivity (Wildman–Crippen MR) is 71.8 cm³/mol. The minimum atomic E-state index is 0.619. The van der Waals surface area contributed by atoms with E-state index in [0.29, 0.717) is 11.6 Å². The van der Waals surface area contributed by atoms with E-state index in [1.165, 1.54) is 12.8 Å². The predicted octanol–water partition coefficient (Wildman–Crippen LogP) is 2.12. The number of rotatable bonds is 5. The summed E-state index contributed by atoms with van der Waals surface area (Å²) in [5.74, 6) is 0.774. The molecule has 2 N–H and O–H groups in total. The fourth-order valence-electron chi connectivity index (χ4n) is 2.28. The van der Waals surface area contributed by atoms with Crippen LogP contribution in [0.4, 0.5) is 5.69 Å². The molecule has 0 aromatic heterocycles. The minimum Gasteiger partial charge on any atom is -0.497 e. The third-order valence-corrected chi connectivity index (χ3v) is 3.32. The van der Waals surface area contributed by atoms with E-state index >= 15 is 0 Å². The summed E-state index contributed by atoms with van der Waals surface area (Å²) in [5.41, 5.74) is 1.52. The van der Waals surface area contributed by atoms with Crippen LogP contribution in [-0.2, 0) is 0 Å². The van der Waals surface area contributed by atoms with E-state index in [1.54, 1.807) is 13.2 Å². The number of benzene rings is 1. The first kappa shape index (κ1) is 12.7. The Labute approximate surface area is 108 Å². The van der Waals surface area contributed by atoms with E-state index in [9.17, 15) is 0 Å². The van der Waals surface area contributed by atoms with Gasteiger partial charge in [-0.15, -0.1) is 0 Å². The molecule has 1 fully saturated rings. The van der Waals surface area contributed by atoms with Gasteiger partial charge in [0.05, 0.1) is 18.4 Å². The quantitative estimate of drug-likeness (QED) is 0.834. The molecule has 18 heavy (non-hydrogen) atoms. The molecule has 0 spiro atoms. The highest BCUT2D eigenvalue weighted by Crippen LogP contribution is 2.22. The van der Waals surface area contributed by atoms with Gasteiger partial charge in [-0.25, -0.2) is 0 Å². The van der Waals surface area contributed by atoms with E-state index in [0.717, 1.165) is 30.9 Å². The second-order valence-electron chi connectivity index (χ2n) is 4.53. The van der Waals surface area contributed by atoms with Crippen LogP contribution >= 0.6 is 0 Å². The van der Waals surface area contributed by atoms with E-state index in [-0.39, 0.29) is 0 Å². The van der Waals surface area contributed by atoms with Gasteiger partial charge in [-0.1, -0.05) is 0 Å². The summed E-state index contributed by atoms with van der Waals surface area (Å²) < 4.78 is 5.17. The zero-order valence-electron chi connectivity index (χ0n) is 10.7. The molecule has 1 saturated heterocycles. The van der Waals surface area contributed by atoms with Gasteiger partial charge in [-0.2, -0.15) is 5.26 Å². The molecule has 1 aliphatic heterocycles. The van der Waals surface area contributed by atoms with Crippen molar-refractivity contribution in [2.24, 2.45) is 0 Å². The third-order valence-electron chi connectivity index (χ3n) is 3.32. The van der Waals surface area contributed by atoms with Gasteiger partial charge in [0.1, 0.15) is 11.8 Å². The maximum atomic E-state index is 9.05. The monoisotopic (exact) mass is 245 g/mol. The van der Waals surface area contributed by atoms with Crippen LogP contribution in [0.3, 0.4) is 0 Å². The van der Waals surface area contributed by atoms with Crippen molar-refractivity contribution >= 4 is 5.69 Å². The molecule has 0 unspecified atom stereocenters. The summed E-state index contributed by atoms with van der Waals surface area (Å²) in [5, 5.41) is 15.8. The standard InChI is InChI=1S/C14H19N3O/c1-18-13-5-4-11(10-15)14(9-13)17-8-6-12-3-2-7-16-12/h4-5,9,12,16-17H,2-3,6-8H2,1H3/t12-/m0/s1. The lowest BCUT2D eigenvalue weighted by Crippen LogP contribution is -2.24. The van der Waals surface area contributed by atoms with Crippen LogP contribution in [-0.4, -0.2) is 26.2 Å². The average Bonchev–Trinajstić information content (AvgIpc) is 2.92. The van der Waals surface area contributed by atoms with Gasteiger partial charge in [0.25, 0.3) is 0 Å². The molecule has 2 rings (SSSR count). The summed E-state index contributed by atoms with van der Waals surface area (Å²) in [6, 6.07) is 8.28. The minimum absolute atomic E-state index is 0.619. The molecule has 1 heterocycles. The van der Waals surface area contributed by atoms with Crippen molar-refractivity contribution in [3.05, 3.63) is 23.8 Å². The molecule has 0 bridgehead atoms. The van der Waals surface area contributed by atoms with Crippen molar-refractivity contribution in [3.8, 4) is 11.8 Å². The number of methoxy groups -OCH3 is 1. The normalized spacial score (nSPS) is 18.3. The fourth-order valence-corrected chi connectivity index (χ4v) is 2.28. The zero-order chi connectivity index (χ0) is 12.8. The molecule has 0 radical (unpaired) electrons. The highest BCUT2D eigenvalue weighted by atomic mass is 16.5. The number of ether oxygens (including phenoxy) is 1. The number of nitriles is 1. The number of nitrogens with one attached hydrogen (secondary N) is 2. The van der Waals surface area contributed by atoms with Crippen molar-refractivity contribution in [2.75, 3.05) is 25.5 Å². The first-order chi connectivity index (χ1) is 8.83. The van der Waals surface area contributed by atoms with Crippen LogP contribution in [0.15, 0.2) is 18.2 Å². The second-order valence-corrected chi connectivity index (χ2v) is 4.53. The first-order valence-corrected chi connectivity index (χ1v) is 6.39. The topological polar surface area (TPSA) is 57.1 Å². The number of anilines is 1. The molecule has 1 aromatic carbocycles. The van der Waals surface area contributed by atoms with Crippen molar-refractivity contribution in [1.82, 2.24) is 5.32 Å². The summed E-state index contributed by atoms with van der Waals surface area (Å²) in [4.78, 5) is 0. The Kier molecular flexibility index (Phi) is 4.43. The Morgan fingerprint density at radius 3 is 3.11 bits per heavy atom. The van der Waals surface area contributed by atoms with Crippen molar-refractivity contribution < 1.29 is 4.74 Å². The van der Waals surface area contributed by atoms with Crippen LogP contribution in [0.5, 0.6) is 5.75 Å². The van der Waals surface area contributed by atoms with Crippen LogP contribution < -0.4 is 15.4 Å². The van der Waals surface area contributed by atoms with E-state index in [4.69, 9.17) is 10.00 Å². The second kappa shape index (κ2) is 6.27. The Bertz CT molecular complexity index is 433. The molecule has 96 valence electrons. The van der Waals surface area contributed by atoms with Gasteiger partial charge in [0.2, 0.25) is 0 Å². The lowest BCUT2D eigenvalue weighted by Gasteiger charge is -2.13. The Hall–Kier alpha value is -1.73. The molecule has 4 nitrogen and oxygen atoms in total. The van der Waals surface area contributed by atoms with Crippen LogP contribution in [0, 0.1) is 11.3 Å². The molecular weight excluding hydrogens is 226 g/mol. The number of hydrogen-bond acceptors (Lipinski definition) is 4. The van der Waals surface area contributed by atoms with Crippen molar-refractivity contribution in [3.63, 3.8) is 0 Å². The Morgan fingerprint density at radius 1 is 1.56 bits per heavy atom. The maximum Gasteiger partial charge on any atom is 0.121 e. The summed E-state index contributed by atoms with van der Waals surface area (Å²) >= 11 is 0. The van der Waals surface area contributed by atoms with Gasteiger partial charge in [0, 0.05) is 18.7 Å². The lowest BCUT2D eigenvalue weighted by molar-refractivity contribution is 0.415. The van der Waals surface area contributed by atoms with Crippen LogP contribution in [0.2, 0.25) is 0 Å². The van der Waals surface area contributed by atoms with Gasteiger partial charge in [-0.3, -0.25) is 0 Å². The highest BCUT2D eigenvalue weighted by Gasteiger charge is 2.13. The summed E-state index contributed by atoms with van der Waals surface area (Å²) in [7, 11) is 1.63. The summed E-state index contributed by atoms with van der Waals surface area (Å²) in [6.45, 7) is 2.01. The summed E-state index contributed by atoms with van der Waals surface area (Å²) in [6.07, 6.45) is 3.61. The third kappa shape index (κ3) is 3.14. The molecular formula is C14H19N3O.